The molecule has 0 amide bonds. The second kappa shape index (κ2) is 12.9. The molecule has 1 aliphatic heterocycles. The Morgan fingerprint density at radius 1 is 0.956 bits per heavy atom. The number of carbonyl (C=O) groups excluding carboxylic acids is 1. The maximum absolute atomic E-state index is 13.3. The van der Waals surface area contributed by atoms with Crippen LogP contribution in [0.2, 0.25) is 0 Å². The molecule has 0 radical (unpaired) electrons. The van der Waals surface area contributed by atoms with Gasteiger partial charge in [0.25, 0.3) is 11.4 Å². The van der Waals surface area contributed by atoms with Crippen molar-refractivity contribution in [1.29, 1.82) is 5.26 Å². The van der Waals surface area contributed by atoms with Crippen LogP contribution in [0.25, 0.3) is 22.5 Å². The standard InChI is InChI=1S/C31H24N8O6/c1-2-45-29(40)26-27(21-6-4-20(18-32)5-7-21)36-30(37-28(26)22-8-10-23(11-9-22)38(41)42)33-17-15-31(14-3-16-35-31)25-13-12-24(19-34-25)39(43)44/h3-14,16,19H,2,15,17H2,1H3,(H,33,36,37). The van der Waals surface area contributed by atoms with Gasteiger partial charge in [0, 0.05) is 42.1 Å². The first kappa shape index (κ1) is 30.1. The number of hydrogen-bond donors (Lipinski definition) is 1. The number of rotatable bonds is 11. The summed E-state index contributed by atoms with van der Waals surface area (Å²) in [5, 5.41) is 34.9. The minimum atomic E-state index is -0.885. The van der Waals surface area contributed by atoms with Crippen LogP contribution < -0.4 is 5.32 Å². The molecule has 1 atom stereocenters. The van der Waals surface area contributed by atoms with Crippen LogP contribution >= 0.6 is 0 Å². The van der Waals surface area contributed by atoms with Crippen molar-refractivity contribution in [2.24, 2.45) is 4.99 Å². The van der Waals surface area contributed by atoms with Gasteiger partial charge >= 0.3 is 5.97 Å². The summed E-state index contributed by atoms with van der Waals surface area (Å²) in [5.74, 6) is -0.543. The largest absolute Gasteiger partial charge is 0.462 e. The topological polar surface area (TPSA) is 199 Å². The van der Waals surface area contributed by atoms with E-state index in [9.17, 15) is 30.3 Å². The minimum Gasteiger partial charge on any atom is -0.462 e. The summed E-state index contributed by atoms with van der Waals surface area (Å²) in [6, 6.07) is 17.1. The molecule has 14 nitrogen and oxygen atoms in total. The van der Waals surface area contributed by atoms with Crippen molar-refractivity contribution in [3.05, 3.63) is 116 Å². The van der Waals surface area contributed by atoms with E-state index in [1.165, 1.54) is 36.5 Å². The van der Waals surface area contributed by atoms with Crippen LogP contribution in [0.1, 0.15) is 35.0 Å². The predicted octanol–water partition coefficient (Wildman–Crippen LogP) is 5.41. The third-order valence-electron chi connectivity index (χ3n) is 6.98. The van der Waals surface area contributed by atoms with Gasteiger partial charge in [-0.15, -0.1) is 0 Å². The molecular formula is C31H24N8O6. The smallest absolute Gasteiger partial charge is 0.342 e. The fraction of sp³-hybridized carbons (Fsp3) is 0.161. The number of nitrogens with one attached hydrogen (secondary N) is 1. The van der Waals surface area contributed by atoms with Crippen molar-refractivity contribution >= 4 is 29.5 Å². The van der Waals surface area contributed by atoms with Crippen molar-refractivity contribution in [3.63, 3.8) is 0 Å². The lowest BCUT2D eigenvalue weighted by molar-refractivity contribution is -0.385. The second-order valence-electron chi connectivity index (χ2n) is 9.73. The van der Waals surface area contributed by atoms with Gasteiger partial charge in [-0.2, -0.15) is 5.26 Å². The SMILES string of the molecule is CCOC(=O)c1c(-c2ccc(C#N)cc2)nc(NCCC2(c3ccc([N+](=O)[O-])cn3)C=CC=N2)nc1-c1ccc([N+](=O)[O-])cc1. The van der Waals surface area contributed by atoms with Gasteiger partial charge in [-0.3, -0.25) is 30.2 Å². The summed E-state index contributed by atoms with van der Waals surface area (Å²) in [4.78, 5) is 52.8. The first-order valence-electron chi connectivity index (χ1n) is 13.7. The Kier molecular flexibility index (Phi) is 8.62. The zero-order valence-corrected chi connectivity index (χ0v) is 23.8. The van der Waals surface area contributed by atoms with Gasteiger partial charge in [-0.1, -0.05) is 12.1 Å². The van der Waals surface area contributed by atoms with Crippen molar-refractivity contribution in [3.8, 4) is 28.6 Å². The van der Waals surface area contributed by atoms with E-state index in [4.69, 9.17) is 4.74 Å². The zero-order valence-electron chi connectivity index (χ0n) is 23.8. The summed E-state index contributed by atoms with van der Waals surface area (Å²) in [6.45, 7) is 2.01. The number of esters is 1. The van der Waals surface area contributed by atoms with Gasteiger partial charge < -0.3 is 10.1 Å². The number of nitrogens with zero attached hydrogens (tertiary/aromatic N) is 7. The Morgan fingerprint density at radius 3 is 2.09 bits per heavy atom. The van der Waals surface area contributed by atoms with E-state index >= 15 is 0 Å². The first-order chi connectivity index (χ1) is 21.7. The number of benzene rings is 2. The van der Waals surface area contributed by atoms with E-state index < -0.39 is 21.4 Å². The number of ether oxygens (including phenoxy) is 1. The summed E-state index contributed by atoms with van der Waals surface area (Å²) in [7, 11) is 0. The summed E-state index contributed by atoms with van der Waals surface area (Å²) in [6.07, 6.45) is 6.79. The summed E-state index contributed by atoms with van der Waals surface area (Å²) < 4.78 is 5.36. The van der Waals surface area contributed by atoms with Crippen LogP contribution in [0.5, 0.6) is 0 Å². The van der Waals surface area contributed by atoms with Crippen LogP contribution in [0, 0.1) is 31.6 Å². The highest BCUT2D eigenvalue weighted by molar-refractivity contribution is 6.02. The highest BCUT2D eigenvalue weighted by atomic mass is 16.6. The molecule has 1 unspecified atom stereocenters. The lowest BCUT2D eigenvalue weighted by Gasteiger charge is -2.24. The monoisotopic (exact) mass is 604 g/mol. The van der Waals surface area contributed by atoms with E-state index in [1.807, 2.05) is 6.08 Å². The molecule has 14 heteroatoms. The molecule has 1 N–H and O–H groups in total. The molecule has 0 fully saturated rings. The highest BCUT2D eigenvalue weighted by Gasteiger charge is 2.32. The molecular weight excluding hydrogens is 580 g/mol. The molecule has 224 valence electrons. The Balaban J connectivity index is 1.55. The number of non-ortho nitro benzene ring substituents is 1. The molecule has 3 heterocycles. The molecule has 0 bridgehead atoms. The van der Waals surface area contributed by atoms with Crippen molar-refractivity contribution < 1.29 is 19.4 Å². The molecule has 5 rings (SSSR count). The maximum Gasteiger partial charge on any atom is 0.342 e. The lowest BCUT2D eigenvalue weighted by atomic mass is 9.92. The second-order valence-corrected chi connectivity index (χ2v) is 9.73. The summed E-state index contributed by atoms with van der Waals surface area (Å²) >= 11 is 0. The average Bonchev–Trinajstić information content (AvgIpc) is 3.54. The molecule has 1 aliphatic rings. The maximum atomic E-state index is 13.3. The zero-order chi connectivity index (χ0) is 32.0. The van der Waals surface area contributed by atoms with Gasteiger partial charge in [-0.25, -0.2) is 14.8 Å². The molecule has 0 saturated heterocycles. The van der Waals surface area contributed by atoms with E-state index in [-0.39, 0.29) is 47.4 Å². The number of allylic oxidation sites excluding steroid dienone is 1. The van der Waals surface area contributed by atoms with Gasteiger partial charge in [0.05, 0.1) is 45.2 Å². The fourth-order valence-electron chi connectivity index (χ4n) is 4.76. The lowest BCUT2D eigenvalue weighted by Crippen LogP contribution is -2.25. The molecule has 2 aromatic carbocycles. The molecule has 45 heavy (non-hydrogen) atoms. The molecule has 0 spiro atoms. The van der Waals surface area contributed by atoms with E-state index in [1.54, 1.807) is 49.5 Å². The first-order valence-corrected chi connectivity index (χ1v) is 13.7. The van der Waals surface area contributed by atoms with Crippen molar-refractivity contribution in [2.75, 3.05) is 18.5 Å². The van der Waals surface area contributed by atoms with Crippen LogP contribution in [-0.4, -0.2) is 50.1 Å². The minimum absolute atomic E-state index is 0.0517. The quantitative estimate of drug-likeness (QED) is 0.130. The van der Waals surface area contributed by atoms with E-state index in [0.717, 1.165) is 0 Å². The average molecular weight is 605 g/mol. The van der Waals surface area contributed by atoms with Gasteiger partial charge in [0.1, 0.15) is 17.3 Å². The number of aliphatic imine (C=N–C) groups is 1. The van der Waals surface area contributed by atoms with Crippen LogP contribution in [0.4, 0.5) is 17.3 Å². The Morgan fingerprint density at radius 2 is 1.58 bits per heavy atom. The Labute approximate surface area is 256 Å². The normalized spacial score (nSPS) is 14.9. The number of nitro groups is 2. The van der Waals surface area contributed by atoms with Crippen molar-refractivity contribution in [2.45, 2.75) is 18.9 Å². The molecule has 0 aliphatic carbocycles. The molecule has 2 aromatic heterocycles. The van der Waals surface area contributed by atoms with E-state index in [0.29, 0.717) is 28.8 Å². The third kappa shape index (κ3) is 6.37. The predicted molar refractivity (Wildman–Crippen MR) is 164 cm³/mol. The molecule has 4 aromatic rings. The number of nitro benzene ring substituents is 1. The van der Waals surface area contributed by atoms with E-state index in [2.05, 4.69) is 31.3 Å². The van der Waals surface area contributed by atoms with Gasteiger partial charge in [0.15, 0.2) is 0 Å². The fourth-order valence-corrected chi connectivity index (χ4v) is 4.76. The Bertz CT molecular complexity index is 1850. The third-order valence-corrected chi connectivity index (χ3v) is 6.98. The number of aromatic nitrogens is 3. The number of nitriles is 1. The van der Waals surface area contributed by atoms with Gasteiger partial charge in [-0.05, 0) is 55.8 Å². The Hall–Kier alpha value is -6.36. The van der Waals surface area contributed by atoms with Crippen molar-refractivity contribution in [1.82, 2.24) is 15.0 Å². The molecule has 0 saturated carbocycles. The number of carbonyl (C=O) groups is 1. The number of hydrogen-bond acceptors (Lipinski definition) is 12. The number of anilines is 1. The summed E-state index contributed by atoms with van der Waals surface area (Å²) in [5.41, 5.74) is 1.17. The number of pyridine rings is 1. The van der Waals surface area contributed by atoms with Crippen LogP contribution in [-0.2, 0) is 10.3 Å². The van der Waals surface area contributed by atoms with Crippen LogP contribution in [0.3, 0.4) is 0 Å². The highest BCUT2D eigenvalue weighted by Crippen LogP contribution is 2.35. The van der Waals surface area contributed by atoms with Crippen LogP contribution in [0.15, 0.2) is 84.0 Å². The van der Waals surface area contributed by atoms with Gasteiger partial charge in [0.2, 0.25) is 5.95 Å².